The van der Waals surface area contributed by atoms with Gasteiger partial charge in [-0.25, -0.2) is 8.42 Å². The number of nitrogens with one attached hydrogen (secondary N) is 1. The molecule has 1 amide bonds. The second-order valence-corrected chi connectivity index (χ2v) is 9.34. The third-order valence-corrected chi connectivity index (χ3v) is 7.43. The van der Waals surface area contributed by atoms with E-state index in [1.807, 2.05) is 0 Å². The molecule has 1 aliphatic heterocycles. The minimum atomic E-state index is -4.52. The summed E-state index contributed by atoms with van der Waals surface area (Å²) in [5, 5.41) is 2.40. The maximum absolute atomic E-state index is 12.8. The van der Waals surface area contributed by atoms with Crippen molar-refractivity contribution in [2.24, 2.45) is 0 Å². The van der Waals surface area contributed by atoms with Crippen molar-refractivity contribution in [1.29, 1.82) is 0 Å². The van der Waals surface area contributed by atoms with Gasteiger partial charge in [0.2, 0.25) is 10.0 Å². The SMILES string of the molecule is Cc1sc(C(=O)Nc2cccc(C(F)(F)F)c2)cc1S(=O)(=O)N1CCCC1. The Labute approximate surface area is 158 Å². The number of amides is 1. The summed E-state index contributed by atoms with van der Waals surface area (Å²) in [7, 11) is -3.67. The van der Waals surface area contributed by atoms with Gasteiger partial charge in [-0.15, -0.1) is 11.3 Å². The fourth-order valence-electron chi connectivity index (χ4n) is 2.87. The van der Waals surface area contributed by atoms with Gasteiger partial charge in [0.1, 0.15) is 0 Å². The second kappa shape index (κ2) is 7.25. The van der Waals surface area contributed by atoms with Gasteiger partial charge in [0.15, 0.2) is 0 Å². The molecule has 2 heterocycles. The summed E-state index contributed by atoms with van der Waals surface area (Å²) < 4.78 is 65.1. The van der Waals surface area contributed by atoms with Gasteiger partial charge in [0, 0.05) is 23.7 Å². The summed E-state index contributed by atoms with van der Waals surface area (Å²) in [6, 6.07) is 5.57. The lowest BCUT2D eigenvalue weighted by Crippen LogP contribution is -2.28. The molecule has 1 fully saturated rings. The fraction of sp³-hybridized carbons (Fsp3) is 0.353. The molecule has 0 unspecified atom stereocenters. The van der Waals surface area contributed by atoms with E-state index in [4.69, 9.17) is 0 Å². The lowest BCUT2D eigenvalue weighted by atomic mass is 10.2. The molecule has 0 bridgehead atoms. The lowest BCUT2D eigenvalue weighted by Gasteiger charge is -2.14. The Bertz CT molecular complexity index is 962. The average Bonchev–Trinajstić information content (AvgIpc) is 3.24. The van der Waals surface area contributed by atoms with Crippen molar-refractivity contribution < 1.29 is 26.4 Å². The van der Waals surface area contributed by atoms with Crippen LogP contribution in [0, 0.1) is 6.92 Å². The van der Waals surface area contributed by atoms with Crippen molar-refractivity contribution in [1.82, 2.24) is 4.31 Å². The zero-order chi connectivity index (χ0) is 19.8. The number of rotatable bonds is 4. The monoisotopic (exact) mass is 418 g/mol. The number of aryl methyl sites for hydroxylation is 1. The molecule has 1 N–H and O–H groups in total. The first-order valence-corrected chi connectivity index (χ1v) is 10.4. The minimum absolute atomic E-state index is 0.00942. The first-order valence-electron chi connectivity index (χ1n) is 8.18. The van der Waals surface area contributed by atoms with Crippen LogP contribution in [-0.4, -0.2) is 31.7 Å². The second-order valence-electron chi connectivity index (χ2n) is 6.17. The largest absolute Gasteiger partial charge is 0.416 e. The lowest BCUT2D eigenvalue weighted by molar-refractivity contribution is -0.137. The first-order chi connectivity index (χ1) is 12.6. The molecule has 0 spiro atoms. The quantitative estimate of drug-likeness (QED) is 0.813. The number of sulfonamides is 1. The highest BCUT2D eigenvalue weighted by Gasteiger charge is 2.32. The standard InChI is InChI=1S/C17H17F3N2O3S2/c1-11-15(27(24,25)22-7-2-3-8-22)10-14(26-11)16(23)21-13-6-4-5-12(9-13)17(18,19)20/h4-6,9-10H,2-3,7-8H2,1H3,(H,21,23). The van der Waals surface area contributed by atoms with Crippen LogP contribution in [0.5, 0.6) is 0 Å². The molecule has 0 radical (unpaired) electrons. The summed E-state index contributed by atoms with van der Waals surface area (Å²) in [5.41, 5.74) is -0.884. The van der Waals surface area contributed by atoms with Crippen LogP contribution in [0.1, 0.15) is 33.0 Å². The molecule has 1 aliphatic rings. The number of anilines is 1. The molecule has 10 heteroatoms. The summed E-state index contributed by atoms with van der Waals surface area (Å²) in [6.07, 6.45) is -2.92. The molecule has 0 aliphatic carbocycles. The molecule has 1 aromatic carbocycles. The maximum atomic E-state index is 12.8. The predicted molar refractivity (Wildman–Crippen MR) is 96.4 cm³/mol. The van der Waals surface area contributed by atoms with Crippen LogP contribution < -0.4 is 5.32 Å². The van der Waals surface area contributed by atoms with Crippen LogP contribution in [0.15, 0.2) is 35.2 Å². The molecule has 1 saturated heterocycles. The summed E-state index contributed by atoms with van der Waals surface area (Å²) in [4.78, 5) is 13.1. The number of nitrogens with zero attached hydrogens (tertiary/aromatic N) is 1. The Morgan fingerprint density at radius 1 is 1.19 bits per heavy atom. The summed E-state index contributed by atoms with van der Waals surface area (Å²) in [5.74, 6) is -0.648. The van der Waals surface area contributed by atoms with E-state index in [1.165, 1.54) is 22.5 Å². The van der Waals surface area contributed by atoms with Crippen LogP contribution in [0.25, 0.3) is 0 Å². The van der Waals surface area contributed by atoms with Gasteiger partial charge in [-0.2, -0.15) is 17.5 Å². The van der Waals surface area contributed by atoms with Crippen molar-refractivity contribution in [3.8, 4) is 0 Å². The van der Waals surface area contributed by atoms with Crippen molar-refractivity contribution in [3.63, 3.8) is 0 Å². The van der Waals surface area contributed by atoms with E-state index in [9.17, 15) is 26.4 Å². The molecular formula is C17H17F3N2O3S2. The number of carbonyl (C=O) groups excluding carboxylic acids is 1. The zero-order valence-corrected chi connectivity index (χ0v) is 16.0. The predicted octanol–water partition coefficient (Wildman–Crippen LogP) is 4.11. The molecule has 3 rings (SSSR count). The smallest absolute Gasteiger partial charge is 0.321 e. The van der Waals surface area contributed by atoms with E-state index < -0.39 is 27.7 Å². The molecule has 1 aromatic heterocycles. The van der Waals surface area contributed by atoms with Gasteiger partial charge in [-0.3, -0.25) is 4.79 Å². The molecule has 2 aromatic rings. The van der Waals surface area contributed by atoms with Crippen LogP contribution in [0.4, 0.5) is 18.9 Å². The Balaban J connectivity index is 1.83. The Morgan fingerprint density at radius 2 is 1.85 bits per heavy atom. The van der Waals surface area contributed by atoms with Gasteiger partial charge in [-0.1, -0.05) is 6.07 Å². The number of benzene rings is 1. The van der Waals surface area contributed by atoms with E-state index in [1.54, 1.807) is 6.92 Å². The number of hydrogen-bond acceptors (Lipinski definition) is 4. The average molecular weight is 418 g/mol. The van der Waals surface area contributed by atoms with Gasteiger partial charge in [0.05, 0.1) is 15.3 Å². The van der Waals surface area contributed by atoms with E-state index >= 15 is 0 Å². The minimum Gasteiger partial charge on any atom is -0.321 e. The van der Waals surface area contributed by atoms with Crippen molar-refractivity contribution in [2.45, 2.75) is 30.8 Å². The van der Waals surface area contributed by atoms with Crippen molar-refractivity contribution in [3.05, 3.63) is 45.6 Å². The number of thiophene rings is 1. The molecule has 27 heavy (non-hydrogen) atoms. The number of carbonyl (C=O) groups is 1. The molecule has 0 atom stereocenters. The van der Waals surface area contributed by atoms with Gasteiger partial charge in [0.25, 0.3) is 5.91 Å². The van der Waals surface area contributed by atoms with Gasteiger partial charge >= 0.3 is 6.18 Å². The van der Waals surface area contributed by atoms with E-state index in [-0.39, 0.29) is 15.5 Å². The molecule has 5 nitrogen and oxygen atoms in total. The Kier molecular flexibility index (Phi) is 5.33. The van der Waals surface area contributed by atoms with Gasteiger partial charge in [-0.05, 0) is 44.0 Å². The first kappa shape index (κ1) is 19.8. The van der Waals surface area contributed by atoms with Crippen LogP contribution in [-0.2, 0) is 16.2 Å². The van der Waals surface area contributed by atoms with E-state index in [0.29, 0.717) is 18.0 Å². The normalized spacial score (nSPS) is 15.9. The van der Waals surface area contributed by atoms with Crippen LogP contribution in [0.3, 0.4) is 0 Å². The number of alkyl halides is 3. The highest BCUT2D eigenvalue weighted by Crippen LogP contribution is 2.32. The maximum Gasteiger partial charge on any atom is 0.416 e. The third kappa shape index (κ3) is 4.17. The third-order valence-electron chi connectivity index (χ3n) is 4.23. The Hall–Kier alpha value is -1.91. The highest BCUT2D eigenvalue weighted by atomic mass is 32.2. The van der Waals surface area contributed by atoms with Crippen LogP contribution >= 0.6 is 11.3 Å². The zero-order valence-electron chi connectivity index (χ0n) is 14.3. The topological polar surface area (TPSA) is 66.5 Å². The Morgan fingerprint density at radius 3 is 2.48 bits per heavy atom. The number of hydrogen-bond donors (Lipinski definition) is 1. The van der Waals surface area contributed by atoms with Crippen molar-refractivity contribution in [2.75, 3.05) is 18.4 Å². The molecule has 0 saturated carbocycles. The number of halogens is 3. The summed E-state index contributed by atoms with van der Waals surface area (Å²) >= 11 is 0.997. The molecule has 146 valence electrons. The fourth-order valence-corrected chi connectivity index (χ4v) is 5.84. The van der Waals surface area contributed by atoms with Crippen LogP contribution in [0.2, 0.25) is 0 Å². The highest BCUT2D eigenvalue weighted by molar-refractivity contribution is 7.89. The van der Waals surface area contributed by atoms with Gasteiger partial charge < -0.3 is 5.32 Å². The summed E-state index contributed by atoms with van der Waals surface area (Å²) in [6.45, 7) is 2.50. The van der Waals surface area contributed by atoms with Crippen molar-refractivity contribution >= 4 is 33.0 Å². The van der Waals surface area contributed by atoms with E-state index in [0.717, 1.165) is 36.3 Å². The molecular weight excluding hydrogens is 401 g/mol. The van der Waals surface area contributed by atoms with E-state index in [2.05, 4.69) is 5.32 Å².